The maximum atomic E-state index is 5.76. The molecule has 1 aliphatic heterocycles. The third kappa shape index (κ3) is 2.67. The Morgan fingerprint density at radius 1 is 1.26 bits per heavy atom. The topological polar surface area (TPSA) is 45.4 Å². The Kier molecular flexibility index (Phi) is 3.57. The molecule has 0 saturated carbocycles. The minimum atomic E-state index is 0.653. The number of piperazine rings is 1. The second kappa shape index (κ2) is 5.35. The van der Waals surface area contributed by atoms with Gasteiger partial charge in [0.15, 0.2) is 5.13 Å². The molecule has 102 valence electrons. The van der Waals surface area contributed by atoms with Gasteiger partial charge in [-0.15, -0.1) is 0 Å². The molecular formula is C14H20N4S. The van der Waals surface area contributed by atoms with E-state index in [9.17, 15) is 0 Å². The predicted molar refractivity (Wildman–Crippen MR) is 83.0 cm³/mol. The zero-order valence-corrected chi connectivity index (χ0v) is 12.1. The van der Waals surface area contributed by atoms with Gasteiger partial charge >= 0.3 is 0 Å². The number of nitrogens with two attached hydrogens (primary N) is 1. The van der Waals surface area contributed by atoms with Crippen molar-refractivity contribution < 1.29 is 0 Å². The Hall–Kier alpha value is -1.33. The summed E-state index contributed by atoms with van der Waals surface area (Å²) in [5.41, 5.74) is 8.07. The van der Waals surface area contributed by atoms with Gasteiger partial charge in [-0.25, -0.2) is 4.98 Å². The van der Waals surface area contributed by atoms with E-state index in [2.05, 4.69) is 39.9 Å². The molecule has 5 heteroatoms. The van der Waals surface area contributed by atoms with Crippen LogP contribution in [0.4, 0.5) is 10.8 Å². The Morgan fingerprint density at radius 3 is 2.79 bits per heavy atom. The van der Waals surface area contributed by atoms with Crippen LogP contribution >= 0.6 is 11.3 Å². The first-order chi connectivity index (χ1) is 9.26. The first-order valence-electron chi connectivity index (χ1n) is 6.89. The van der Waals surface area contributed by atoms with Crippen LogP contribution in [0, 0.1) is 0 Å². The summed E-state index contributed by atoms with van der Waals surface area (Å²) in [6, 6.07) is 6.46. The number of benzene rings is 1. The zero-order valence-electron chi connectivity index (χ0n) is 11.3. The van der Waals surface area contributed by atoms with E-state index in [0.29, 0.717) is 5.13 Å². The summed E-state index contributed by atoms with van der Waals surface area (Å²) in [5.74, 6) is 0. The van der Waals surface area contributed by atoms with Gasteiger partial charge in [0.1, 0.15) is 0 Å². The van der Waals surface area contributed by atoms with Gasteiger partial charge in [-0.1, -0.05) is 18.3 Å². The number of anilines is 2. The standard InChI is InChI=1S/C14H20N4S/c1-2-5-17-6-8-18(9-7-17)11-3-4-12-13(10-11)19-14(15)16-12/h3-4,10H,2,5-9H2,1H3,(H2,15,16). The molecular weight excluding hydrogens is 256 g/mol. The highest BCUT2D eigenvalue weighted by molar-refractivity contribution is 7.22. The van der Waals surface area contributed by atoms with Crippen LogP contribution in [0.3, 0.4) is 0 Å². The SMILES string of the molecule is CCCN1CCN(c2ccc3nc(N)sc3c2)CC1. The molecule has 0 unspecified atom stereocenters. The molecule has 2 aromatic rings. The molecule has 0 atom stereocenters. The normalized spacial score (nSPS) is 17.2. The molecule has 0 radical (unpaired) electrons. The van der Waals surface area contributed by atoms with Crippen molar-refractivity contribution in [2.45, 2.75) is 13.3 Å². The summed E-state index contributed by atoms with van der Waals surface area (Å²) >= 11 is 1.57. The molecule has 1 aliphatic rings. The van der Waals surface area contributed by atoms with Gasteiger partial charge < -0.3 is 10.6 Å². The number of fused-ring (bicyclic) bond motifs is 1. The van der Waals surface area contributed by atoms with E-state index in [1.807, 2.05) is 0 Å². The van der Waals surface area contributed by atoms with Crippen LogP contribution in [0.2, 0.25) is 0 Å². The van der Waals surface area contributed by atoms with E-state index in [0.717, 1.165) is 31.7 Å². The van der Waals surface area contributed by atoms with Crippen molar-refractivity contribution in [3.8, 4) is 0 Å². The summed E-state index contributed by atoms with van der Waals surface area (Å²) in [5, 5.41) is 0.653. The Morgan fingerprint density at radius 2 is 2.05 bits per heavy atom. The maximum absolute atomic E-state index is 5.76. The predicted octanol–water partition coefficient (Wildman–Crippen LogP) is 2.41. The third-order valence-electron chi connectivity index (χ3n) is 3.67. The van der Waals surface area contributed by atoms with Crippen LogP contribution < -0.4 is 10.6 Å². The number of thiazole rings is 1. The highest BCUT2D eigenvalue weighted by Crippen LogP contribution is 2.28. The number of hydrogen-bond donors (Lipinski definition) is 1. The van der Waals surface area contributed by atoms with Gasteiger partial charge in [-0.3, -0.25) is 4.90 Å². The quantitative estimate of drug-likeness (QED) is 0.935. The third-order valence-corrected chi connectivity index (χ3v) is 4.51. The smallest absolute Gasteiger partial charge is 0.181 e. The molecule has 0 amide bonds. The van der Waals surface area contributed by atoms with Crippen molar-refractivity contribution in [2.24, 2.45) is 0 Å². The maximum Gasteiger partial charge on any atom is 0.181 e. The van der Waals surface area contributed by atoms with Gasteiger partial charge in [0, 0.05) is 31.9 Å². The van der Waals surface area contributed by atoms with Crippen LogP contribution in [0.25, 0.3) is 10.2 Å². The lowest BCUT2D eigenvalue weighted by Gasteiger charge is -2.36. The van der Waals surface area contributed by atoms with Crippen molar-refractivity contribution in [2.75, 3.05) is 43.4 Å². The molecule has 0 spiro atoms. The minimum absolute atomic E-state index is 0.653. The van der Waals surface area contributed by atoms with E-state index < -0.39 is 0 Å². The highest BCUT2D eigenvalue weighted by Gasteiger charge is 2.16. The van der Waals surface area contributed by atoms with Gasteiger partial charge in [0.25, 0.3) is 0 Å². The lowest BCUT2D eigenvalue weighted by Crippen LogP contribution is -2.46. The first kappa shape index (κ1) is 12.7. The van der Waals surface area contributed by atoms with Gasteiger partial charge in [-0.2, -0.15) is 0 Å². The lowest BCUT2D eigenvalue weighted by molar-refractivity contribution is 0.258. The summed E-state index contributed by atoms with van der Waals surface area (Å²) in [6.07, 6.45) is 1.24. The monoisotopic (exact) mass is 276 g/mol. The van der Waals surface area contributed by atoms with Crippen molar-refractivity contribution in [3.05, 3.63) is 18.2 Å². The van der Waals surface area contributed by atoms with Gasteiger partial charge in [0.2, 0.25) is 0 Å². The number of hydrogen-bond acceptors (Lipinski definition) is 5. The van der Waals surface area contributed by atoms with Crippen molar-refractivity contribution in [1.82, 2.24) is 9.88 Å². The summed E-state index contributed by atoms with van der Waals surface area (Å²) in [4.78, 5) is 9.31. The summed E-state index contributed by atoms with van der Waals surface area (Å²) < 4.78 is 1.19. The molecule has 19 heavy (non-hydrogen) atoms. The van der Waals surface area contributed by atoms with Crippen molar-refractivity contribution in [3.63, 3.8) is 0 Å². The van der Waals surface area contributed by atoms with Crippen molar-refractivity contribution >= 4 is 32.4 Å². The van der Waals surface area contributed by atoms with E-state index in [4.69, 9.17) is 5.73 Å². The van der Waals surface area contributed by atoms with Crippen LogP contribution in [-0.4, -0.2) is 42.6 Å². The average Bonchev–Trinajstić information content (AvgIpc) is 2.79. The van der Waals surface area contributed by atoms with E-state index in [1.165, 1.54) is 23.4 Å². The largest absolute Gasteiger partial charge is 0.375 e. The Balaban J connectivity index is 1.74. The van der Waals surface area contributed by atoms with Crippen LogP contribution in [0.15, 0.2) is 18.2 Å². The molecule has 3 rings (SSSR count). The lowest BCUT2D eigenvalue weighted by atomic mass is 10.2. The highest BCUT2D eigenvalue weighted by atomic mass is 32.1. The van der Waals surface area contributed by atoms with E-state index >= 15 is 0 Å². The van der Waals surface area contributed by atoms with E-state index in [1.54, 1.807) is 11.3 Å². The Bertz CT molecular complexity index is 558. The van der Waals surface area contributed by atoms with Crippen molar-refractivity contribution in [1.29, 1.82) is 0 Å². The van der Waals surface area contributed by atoms with E-state index in [-0.39, 0.29) is 0 Å². The summed E-state index contributed by atoms with van der Waals surface area (Å²) in [6.45, 7) is 8.01. The second-order valence-corrected chi connectivity index (χ2v) is 6.10. The van der Waals surface area contributed by atoms with Crippen LogP contribution in [0.5, 0.6) is 0 Å². The molecule has 1 aromatic heterocycles. The molecule has 0 bridgehead atoms. The molecule has 4 nitrogen and oxygen atoms in total. The molecule has 2 heterocycles. The number of aromatic nitrogens is 1. The number of nitrogens with zero attached hydrogens (tertiary/aromatic N) is 3. The van der Waals surface area contributed by atoms with Crippen LogP contribution in [0.1, 0.15) is 13.3 Å². The summed E-state index contributed by atoms with van der Waals surface area (Å²) in [7, 11) is 0. The molecule has 2 N–H and O–H groups in total. The zero-order chi connectivity index (χ0) is 13.2. The first-order valence-corrected chi connectivity index (χ1v) is 7.71. The second-order valence-electron chi connectivity index (χ2n) is 5.03. The fourth-order valence-corrected chi connectivity index (χ4v) is 3.44. The minimum Gasteiger partial charge on any atom is -0.375 e. The Labute approximate surface area is 117 Å². The number of nitrogen functional groups attached to an aromatic ring is 1. The molecule has 1 saturated heterocycles. The molecule has 1 fully saturated rings. The average molecular weight is 276 g/mol. The number of rotatable bonds is 3. The fraction of sp³-hybridized carbons (Fsp3) is 0.500. The fourth-order valence-electron chi connectivity index (χ4n) is 2.67. The molecule has 0 aliphatic carbocycles. The van der Waals surface area contributed by atoms with Gasteiger partial charge in [-0.05, 0) is 31.2 Å². The van der Waals surface area contributed by atoms with Gasteiger partial charge in [0.05, 0.1) is 10.2 Å². The molecule has 1 aromatic carbocycles. The van der Waals surface area contributed by atoms with Crippen LogP contribution in [-0.2, 0) is 0 Å².